The standard InChI is InChI=1S/C15H15FN2O3/c1-20-13-7-2-3-8-14(13)21-10-17-15(19)18-12-6-4-5-11(16)9-12/h2-9H,10H2,1H3,(H2,17,18,19). The van der Waals surface area contributed by atoms with Crippen LogP contribution in [0.4, 0.5) is 14.9 Å². The molecule has 0 radical (unpaired) electrons. The Bertz CT molecular complexity index is 619. The number of hydrogen-bond acceptors (Lipinski definition) is 3. The molecule has 2 N–H and O–H groups in total. The second-order valence-corrected chi connectivity index (χ2v) is 4.08. The van der Waals surface area contributed by atoms with Gasteiger partial charge < -0.3 is 20.1 Å². The number of amides is 2. The summed E-state index contributed by atoms with van der Waals surface area (Å²) < 4.78 is 23.5. The third kappa shape index (κ3) is 4.38. The number of rotatable bonds is 5. The van der Waals surface area contributed by atoms with Crippen LogP contribution in [0.3, 0.4) is 0 Å². The van der Waals surface area contributed by atoms with Gasteiger partial charge in [0.25, 0.3) is 0 Å². The first kappa shape index (κ1) is 14.6. The molecule has 5 nitrogen and oxygen atoms in total. The molecule has 21 heavy (non-hydrogen) atoms. The minimum absolute atomic E-state index is 0.0402. The van der Waals surface area contributed by atoms with Gasteiger partial charge in [0, 0.05) is 5.69 Å². The molecule has 0 atom stereocenters. The van der Waals surface area contributed by atoms with Crippen molar-refractivity contribution in [3.8, 4) is 11.5 Å². The lowest BCUT2D eigenvalue weighted by atomic mass is 10.3. The first-order chi connectivity index (χ1) is 10.2. The van der Waals surface area contributed by atoms with E-state index < -0.39 is 11.8 Å². The summed E-state index contributed by atoms with van der Waals surface area (Å²) in [5, 5.41) is 5.00. The molecule has 2 aromatic carbocycles. The van der Waals surface area contributed by atoms with Crippen LogP contribution >= 0.6 is 0 Å². The Morgan fingerprint density at radius 1 is 1.14 bits per heavy atom. The smallest absolute Gasteiger partial charge is 0.321 e. The van der Waals surface area contributed by atoms with Crippen LogP contribution in [0.5, 0.6) is 11.5 Å². The quantitative estimate of drug-likeness (QED) is 0.832. The molecule has 0 aliphatic carbocycles. The number of nitrogens with one attached hydrogen (secondary N) is 2. The van der Waals surface area contributed by atoms with Gasteiger partial charge in [0.1, 0.15) is 5.82 Å². The summed E-state index contributed by atoms with van der Waals surface area (Å²) in [7, 11) is 1.53. The highest BCUT2D eigenvalue weighted by Crippen LogP contribution is 2.25. The van der Waals surface area contributed by atoms with Gasteiger partial charge in [-0.25, -0.2) is 9.18 Å². The lowest BCUT2D eigenvalue weighted by Crippen LogP contribution is -2.32. The second-order valence-electron chi connectivity index (χ2n) is 4.08. The van der Waals surface area contributed by atoms with E-state index in [9.17, 15) is 9.18 Å². The number of halogens is 1. The average Bonchev–Trinajstić information content (AvgIpc) is 2.47. The molecule has 0 unspecified atom stereocenters. The van der Waals surface area contributed by atoms with Gasteiger partial charge in [-0.2, -0.15) is 0 Å². The second kappa shape index (κ2) is 7.14. The molecular weight excluding hydrogens is 275 g/mol. The highest BCUT2D eigenvalue weighted by Gasteiger charge is 2.05. The number of para-hydroxylation sites is 2. The number of hydrogen-bond donors (Lipinski definition) is 2. The van der Waals surface area contributed by atoms with Crippen molar-refractivity contribution >= 4 is 11.7 Å². The fraction of sp³-hybridized carbons (Fsp3) is 0.133. The van der Waals surface area contributed by atoms with E-state index >= 15 is 0 Å². The van der Waals surface area contributed by atoms with E-state index in [0.717, 1.165) is 0 Å². The first-order valence-corrected chi connectivity index (χ1v) is 6.25. The summed E-state index contributed by atoms with van der Waals surface area (Å²) in [5.74, 6) is 0.675. The van der Waals surface area contributed by atoms with Crippen LogP contribution in [0.25, 0.3) is 0 Å². The van der Waals surface area contributed by atoms with Crippen LogP contribution in [0.1, 0.15) is 0 Å². The van der Waals surface area contributed by atoms with Crippen molar-refractivity contribution in [3.63, 3.8) is 0 Å². The summed E-state index contributed by atoms with van der Waals surface area (Å²) in [5.41, 5.74) is 0.366. The first-order valence-electron chi connectivity index (χ1n) is 6.25. The molecule has 0 saturated carbocycles. The van der Waals surface area contributed by atoms with Crippen molar-refractivity contribution in [2.24, 2.45) is 0 Å². The van der Waals surface area contributed by atoms with Crippen molar-refractivity contribution in [3.05, 3.63) is 54.3 Å². The maximum atomic E-state index is 13.0. The van der Waals surface area contributed by atoms with Crippen LogP contribution < -0.4 is 20.1 Å². The summed E-state index contributed by atoms with van der Waals surface area (Å²) >= 11 is 0. The fourth-order valence-electron chi connectivity index (χ4n) is 1.66. The number of anilines is 1. The van der Waals surface area contributed by atoms with Crippen LogP contribution in [0, 0.1) is 5.82 Å². The van der Waals surface area contributed by atoms with Crippen molar-refractivity contribution in [1.29, 1.82) is 0 Å². The van der Waals surface area contributed by atoms with E-state index in [-0.39, 0.29) is 6.73 Å². The zero-order valence-corrected chi connectivity index (χ0v) is 11.4. The van der Waals surface area contributed by atoms with Crippen molar-refractivity contribution in [2.45, 2.75) is 0 Å². The zero-order chi connectivity index (χ0) is 15.1. The van der Waals surface area contributed by atoms with E-state index in [1.807, 2.05) is 6.07 Å². The topological polar surface area (TPSA) is 59.6 Å². The normalized spacial score (nSPS) is 9.81. The largest absolute Gasteiger partial charge is 0.493 e. The van der Waals surface area contributed by atoms with Crippen LogP contribution in [0.15, 0.2) is 48.5 Å². The maximum absolute atomic E-state index is 13.0. The van der Waals surface area contributed by atoms with Crippen LogP contribution in [0.2, 0.25) is 0 Å². The summed E-state index contributed by atoms with van der Waals surface area (Å²) in [6.45, 7) is -0.0402. The Kier molecular flexibility index (Phi) is 4.98. The summed E-state index contributed by atoms with van der Waals surface area (Å²) in [6, 6.07) is 12.2. The lowest BCUT2D eigenvalue weighted by molar-refractivity contribution is 0.231. The van der Waals surface area contributed by atoms with E-state index in [4.69, 9.17) is 9.47 Å². The Morgan fingerprint density at radius 2 is 1.90 bits per heavy atom. The Morgan fingerprint density at radius 3 is 2.62 bits per heavy atom. The molecular formula is C15H15FN2O3. The molecule has 110 valence electrons. The van der Waals surface area contributed by atoms with E-state index in [2.05, 4.69) is 10.6 Å². The van der Waals surface area contributed by atoms with E-state index in [1.54, 1.807) is 24.3 Å². The minimum Gasteiger partial charge on any atom is -0.493 e. The van der Waals surface area contributed by atoms with Crippen LogP contribution in [-0.2, 0) is 0 Å². The SMILES string of the molecule is COc1ccccc1OCNC(=O)Nc1cccc(F)c1. The third-order valence-electron chi connectivity index (χ3n) is 2.61. The molecule has 2 rings (SSSR count). The summed E-state index contributed by atoms with van der Waals surface area (Å²) in [4.78, 5) is 11.6. The number of ether oxygens (including phenoxy) is 2. The number of methoxy groups -OCH3 is 1. The van der Waals surface area contributed by atoms with Gasteiger partial charge in [-0.1, -0.05) is 18.2 Å². The summed E-state index contributed by atoms with van der Waals surface area (Å²) in [6.07, 6.45) is 0. The van der Waals surface area contributed by atoms with E-state index in [0.29, 0.717) is 17.2 Å². The molecule has 0 bridgehead atoms. The molecule has 0 heterocycles. The molecule has 2 amide bonds. The Labute approximate surface area is 121 Å². The minimum atomic E-state index is -0.490. The van der Waals surface area contributed by atoms with Gasteiger partial charge in [0.05, 0.1) is 7.11 Å². The van der Waals surface area contributed by atoms with Crippen molar-refractivity contribution in [1.82, 2.24) is 5.32 Å². The van der Waals surface area contributed by atoms with Crippen molar-refractivity contribution < 1.29 is 18.7 Å². The lowest BCUT2D eigenvalue weighted by Gasteiger charge is -2.11. The van der Waals surface area contributed by atoms with Gasteiger partial charge in [-0.05, 0) is 30.3 Å². The van der Waals surface area contributed by atoms with E-state index in [1.165, 1.54) is 25.3 Å². The molecule has 0 spiro atoms. The predicted molar refractivity (Wildman–Crippen MR) is 77.0 cm³/mol. The van der Waals surface area contributed by atoms with Crippen molar-refractivity contribution in [2.75, 3.05) is 19.2 Å². The molecule has 6 heteroatoms. The molecule has 0 aliphatic rings. The van der Waals surface area contributed by atoms with Gasteiger partial charge in [0.2, 0.25) is 0 Å². The Hall–Kier alpha value is -2.76. The zero-order valence-electron chi connectivity index (χ0n) is 11.4. The fourth-order valence-corrected chi connectivity index (χ4v) is 1.66. The monoisotopic (exact) mass is 290 g/mol. The molecule has 0 aromatic heterocycles. The van der Waals surface area contributed by atoms with Gasteiger partial charge >= 0.3 is 6.03 Å². The highest BCUT2D eigenvalue weighted by molar-refractivity contribution is 5.89. The van der Waals surface area contributed by atoms with Crippen LogP contribution in [-0.4, -0.2) is 19.9 Å². The predicted octanol–water partition coefficient (Wildman–Crippen LogP) is 2.99. The number of urea groups is 1. The maximum Gasteiger partial charge on any atom is 0.321 e. The van der Waals surface area contributed by atoms with Gasteiger partial charge in [-0.15, -0.1) is 0 Å². The molecule has 2 aromatic rings. The third-order valence-corrected chi connectivity index (χ3v) is 2.61. The molecule has 0 saturated heterocycles. The number of benzene rings is 2. The Balaban J connectivity index is 1.82. The number of carbonyl (C=O) groups excluding carboxylic acids is 1. The van der Waals surface area contributed by atoms with Gasteiger partial charge in [0.15, 0.2) is 18.2 Å². The molecule has 0 aliphatic heterocycles. The number of carbonyl (C=O) groups is 1. The molecule has 0 fully saturated rings. The highest BCUT2D eigenvalue weighted by atomic mass is 19.1. The average molecular weight is 290 g/mol. The van der Waals surface area contributed by atoms with Gasteiger partial charge in [-0.3, -0.25) is 0 Å².